The Hall–Kier alpha value is -8.34. The van der Waals surface area contributed by atoms with Gasteiger partial charge in [0.1, 0.15) is 0 Å². The van der Waals surface area contributed by atoms with Crippen molar-refractivity contribution >= 4 is 0 Å². The van der Waals surface area contributed by atoms with Crippen molar-refractivity contribution in [2.45, 2.75) is 5.41 Å². The van der Waals surface area contributed by atoms with Gasteiger partial charge in [-0.15, -0.1) is 0 Å². The van der Waals surface area contributed by atoms with E-state index in [1.165, 1.54) is 22.3 Å². The highest BCUT2D eigenvalue weighted by Gasteiger charge is 2.48. The van der Waals surface area contributed by atoms with E-state index in [-0.39, 0.29) is 0 Å². The maximum atomic E-state index is 6.93. The average Bonchev–Trinajstić information content (AvgIpc) is 3.68. The van der Waals surface area contributed by atoms with E-state index in [1.807, 2.05) is 30.3 Å². The quantitative estimate of drug-likeness (QED) is 0.161. The van der Waals surface area contributed by atoms with Crippen LogP contribution in [0.1, 0.15) is 22.3 Å². The Morgan fingerprint density at radius 2 is 0.825 bits per heavy atom. The summed E-state index contributed by atoms with van der Waals surface area (Å²) in [6, 6.07) is 80.6. The highest BCUT2D eigenvalue weighted by atomic mass is 16.6. The minimum Gasteiger partial charge on any atom is -0.449 e. The summed E-state index contributed by atoms with van der Waals surface area (Å²) in [4.78, 5) is 10.3. The molecule has 0 unspecified atom stereocenters. The molecule has 0 spiro atoms. The van der Waals surface area contributed by atoms with Gasteiger partial charge in [-0.3, -0.25) is 0 Å². The van der Waals surface area contributed by atoms with Gasteiger partial charge in [0, 0.05) is 22.3 Å². The van der Waals surface area contributed by atoms with E-state index < -0.39 is 5.41 Å². The second-order valence-corrected chi connectivity index (χ2v) is 16.1. The lowest BCUT2D eigenvalue weighted by Gasteiger charge is -2.34. The van der Waals surface area contributed by atoms with E-state index >= 15 is 0 Å². The van der Waals surface area contributed by atoms with Gasteiger partial charge in [-0.1, -0.05) is 194 Å². The molecule has 0 fully saturated rings. The minimum absolute atomic E-state index is 0.527. The number of ether oxygens (including phenoxy) is 2. The van der Waals surface area contributed by atoms with Crippen molar-refractivity contribution < 1.29 is 9.47 Å². The number of hydrogen-bond acceptors (Lipinski definition) is 4. The van der Waals surface area contributed by atoms with Crippen LogP contribution in [0.2, 0.25) is 0 Å². The molecule has 0 atom stereocenters. The molecule has 296 valence electrons. The van der Waals surface area contributed by atoms with Gasteiger partial charge in [-0.2, -0.15) is 0 Å². The Bertz CT molecular complexity index is 3290. The summed E-state index contributed by atoms with van der Waals surface area (Å²) in [6.07, 6.45) is 0. The van der Waals surface area contributed by atoms with Crippen molar-refractivity contribution in [3.05, 3.63) is 253 Å². The summed E-state index contributed by atoms with van der Waals surface area (Å²) in [5, 5.41) is 0. The summed E-state index contributed by atoms with van der Waals surface area (Å²) < 4.78 is 13.7. The molecule has 1 aliphatic carbocycles. The van der Waals surface area contributed by atoms with Crippen LogP contribution in [0.4, 0.5) is 0 Å². The van der Waals surface area contributed by atoms with Crippen LogP contribution >= 0.6 is 0 Å². The molecule has 0 saturated heterocycles. The fourth-order valence-electron chi connectivity index (χ4n) is 9.55. The van der Waals surface area contributed by atoms with Crippen LogP contribution in [0, 0.1) is 0 Å². The normalized spacial score (nSPS) is 12.8. The zero-order chi connectivity index (χ0) is 41.7. The molecule has 1 aromatic heterocycles. The first kappa shape index (κ1) is 36.5. The number of aromatic nitrogens is 2. The van der Waals surface area contributed by atoms with Crippen LogP contribution in [0.3, 0.4) is 0 Å². The second-order valence-electron chi connectivity index (χ2n) is 16.1. The SMILES string of the molecule is c1ccc(-c2cccc(-c3cc(-c4cccc(-c5ccc6c(c5)Oc5ccc7c(c5O6)-c5ccccc5C7(c5ccccc5)c5ccccc5)c4)nc(-c4ccccc4)n3)c2)cc1. The Kier molecular flexibility index (Phi) is 8.68. The molecule has 12 rings (SSSR count). The van der Waals surface area contributed by atoms with Gasteiger partial charge in [0.15, 0.2) is 28.8 Å². The van der Waals surface area contributed by atoms with E-state index in [1.54, 1.807) is 0 Å². The van der Waals surface area contributed by atoms with Crippen LogP contribution in [0.25, 0.3) is 67.3 Å². The van der Waals surface area contributed by atoms with Crippen molar-refractivity contribution in [2.75, 3.05) is 0 Å². The zero-order valence-electron chi connectivity index (χ0n) is 34.2. The van der Waals surface area contributed by atoms with E-state index in [0.29, 0.717) is 23.1 Å². The standard InChI is InChI=1S/C59H38N2O2/c1-5-17-39(18-6-1)41-21-15-23-44(35-41)51-38-52(61-58(60-51)40-19-7-2-8-20-40)45-24-16-22-42(36-45)43-31-33-53-55(37-43)62-54-34-32-50-56(57(54)63-53)48-29-13-14-30-49(48)59(50,46-25-9-3-10-26-46)47-27-11-4-12-28-47/h1-38H. The lowest BCUT2D eigenvalue weighted by atomic mass is 9.68. The fourth-order valence-corrected chi connectivity index (χ4v) is 9.55. The Labute approximate surface area is 366 Å². The summed E-state index contributed by atoms with van der Waals surface area (Å²) in [7, 11) is 0. The Balaban J connectivity index is 0.920. The minimum atomic E-state index is -0.527. The van der Waals surface area contributed by atoms with Gasteiger partial charge in [-0.05, 0) is 86.5 Å². The third kappa shape index (κ3) is 6.14. The largest absolute Gasteiger partial charge is 0.449 e. The predicted molar refractivity (Wildman–Crippen MR) is 253 cm³/mol. The lowest BCUT2D eigenvalue weighted by molar-refractivity contribution is 0.360. The fraction of sp³-hybridized carbons (Fsp3) is 0.0169. The van der Waals surface area contributed by atoms with Gasteiger partial charge in [0.25, 0.3) is 0 Å². The summed E-state index contributed by atoms with van der Waals surface area (Å²) in [6.45, 7) is 0. The highest BCUT2D eigenvalue weighted by Crippen LogP contribution is 2.62. The first-order valence-electron chi connectivity index (χ1n) is 21.3. The molecule has 0 N–H and O–H groups in total. The van der Waals surface area contributed by atoms with Crippen molar-refractivity contribution in [1.82, 2.24) is 9.97 Å². The van der Waals surface area contributed by atoms with Crippen LogP contribution in [0.5, 0.6) is 23.0 Å². The van der Waals surface area contributed by atoms with Gasteiger partial charge in [0.2, 0.25) is 0 Å². The van der Waals surface area contributed by atoms with Crippen LogP contribution in [0.15, 0.2) is 231 Å². The van der Waals surface area contributed by atoms with E-state index in [0.717, 1.165) is 67.2 Å². The van der Waals surface area contributed by atoms with Gasteiger partial charge >= 0.3 is 0 Å². The summed E-state index contributed by atoms with van der Waals surface area (Å²) in [5.74, 6) is 3.45. The first-order valence-corrected chi connectivity index (χ1v) is 21.3. The molecule has 1 aliphatic heterocycles. The molecule has 0 amide bonds. The topological polar surface area (TPSA) is 44.2 Å². The molecule has 63 heavy (non-hydrogen) atoms. The summed E-state index contributed by atoms with van der Waals surface area (Å²) >= 11 is 0. The van der Waals surface area contributed by atoms with E-state index in [4.69, 9.17) is 19.4 Å². The highest BCUT2D eigenvalue weighted by molar-refractivity contribution is 5.92. The molecule has 4 nitrogen and oxygen atoms in total. The lowest BCUT2D eigenvalue weighted by Crippen LogP contribution is -2.28. The Morgan fingerprint density at radius 3 is 1.48 bits per heavy atom. The molecule has 10 aromatic rings. The smallest absolute Gasteiger partial charge is 0.178 e. The van der Waals surface area contributed by atoms with Crippen LogP contribution in [-0.2, 0) is 5.41 Å². The molecule has 0 bridgehead atoms. The molecule has 0 saturated carbocycles. The second kappa shape index (κ2) is 15.0. The van der Waals surface area contributed by atoms with Crippen molar-refractivity contribution in [3.63, 3.8) is 0 Å². The molecule has 2 heterocycles. The van der Waals surface area contributed by atoms with Crippen molar-refractivity contribution in [3.8, 4) is 90.3 Å². The van der Waals surface area contributed by atoms with Gasteiger partial charge in [-0.25, -0.2) is 9.97 Å². The number of fused-ring (bicyclic) bond motifs is 6. The van der Waals surface area contributed by atoms with Gasteiger partial charge < -0.3 is 9.47 Å². The number of nitrogens with zero attached hydrogens (tertiary/aromatic N) is 2. The predicted octanol–water partition coefficient (Wildman–Crippen LogP) is 15.1. The molecule has 2 aliphatic rings. The maximum Gasteiger partial charge on any atom is 0.178 e. The molecular weight excluding hydrogens is 769 g/mol. The number of rotatable bonds is 7. The van der Waals surface area contributed by atoms with Crippen molar-refractivity contribution in [1.29, 1.82) is 0 Å². The van der Waals surface area contributed by atoms with Crippen LogP contribution in [-0.4, -0.2) is 9.97 Å². The number of benzene rings is 9. The van der Waals surface area contributed by atoms with Gasteiger partial charge in [0.05, 0.1) is 16.8 Å². The molecule has 9 aromatic carbocycles. The molecule has 4 heteroatoms. The van der Waals surface area contributed by atoms with E-state index in [9.17, 15) is 0 Å². The third-order valence-corrected chi connectivity index (χ3v) is 12.4. The van der Waals surface area contributed by atoms with Crippen LogP contribution < -0.4 is 9.47 Å². The molecular formula is C59H38N2O2. The Morgan fingerprint density at radius 1 is 0.317 bits per heavy atom. The van der Waals surface area contributed by atoms with Crippen molar-refractivity contribution in [2.24, 2.45) is 0 Å². The monoisotopic (exact) mass is 806 g/mol. The maximum absolute atomic E-state index is 6.93. The molecule has 0 radical (unpaired) electrons. The third-order valence-electron chi connectivity index (χ3n) is 12.4. The number of hydrogen-bond donors (Lipinski definition) is 0. The van der Waals surface area contributed by atoms with E-state index in [2.05, 4.69) is 200 Å². The first-order chi connectivity index (χ1) is 31.2. The zero-order valence-corrected chi connectivity index (χ0v) is 34.2. The summed E-state index contributed by atoms with van der Waals surface area (Å²) in [5.41, 5.74) is 15.5. The average molecular weight is 807 g/mol.